The Kier molecular flexibility index (Phi) is 4.04. The van der Waals surface area contributed by atoms with E-state index >= 15 is 0 Å². The van der Waals surface area contributed by atoms with E-state index in [9.17, 15) is 19.1 Å². The van der Waals surface area contributed by atoms with Gasteiger partial charge in [0.1, 0.15) is 11.4 Å². The van der Waals surface area contributed by atoms with Gasteiger partial charge in [-0.1, -0.05) is 12.1 Å². The highest BCUT2D eigenvalue weighted by Crippen LogP contribution is 2.28. The molecule has 1 aromatic rings. The fraction of sp³-hybridized carbons (Fsp3) is 0.429. The fourth-order valence-corrected chi connectivity index (χ4v) is 2.44. The Hall–Kier alpha value is -1.95. The second-order valence-electron chi connectivity index (χ2n) is 5.13. The molecule has 2 N–H and O–H groups in total. The number of benzene rings is 1. The number of hydrogen-bond donors (Lipinski definition) is 2. The molecule has 0 spiro atoms. The van der Waals surface area contributed by atoms with Crippen LogP contribution in [0.15, 0.2) is 24.3 Å². The van der Waals surface area contributed by atoms with Crippen LogP contribution in [0, 0.1) is 5.82 Å². The van der Waals surface area contributed by atoms with Gasteiger partial charge in [0.2, 0.25) is 5.91 Å². The molecule has 0 bridgehead atoms. The summed E-state index contributed by atoms with van der Waals surface area (Å²) in [6.07, 6.45) is 1.24. The van der Waals surface area contributed by atoms with E-state index in [4.69, 9.17) is 0 Å². The minimum atomic E-state index is -1.02. The number of hydrogen-bond acceptors (Lipinski definition) is 3. The first-order valence-electron chi connectivity index (χ1n) is 6.46. The van der Waals surface area contributed by atoms with Gasteiger partial charge in [-0.2, -0.15) is 0 Å². The number of carboxylic acids is 1. The van der Waals surface area contributed by atoms with Crippen LogP contribution in [0.25, 0.3) is 0 Å². The maximum atomic E-state index is 13.4. The Morgan fingerprint density at radius 1 is 1.45 bits per heavy atom. The standard InChI is InChI=1S/C14H17FN2O3/c1-14(13(19)20)7-4-8-17(14)9-12(18)16-11-6-3-2-5-10(11)15/h2-3,5-6H,4,7-9H2,1H3,(H,16,18)(H,19,20). The van der Waals surface area contributed by atoms with Gasteiger partial charge in [-0.25, -0.2) is 4.39 Å². The highest BCUT2D eigenvalue weighted by atomic mass is 19.1. The summed E-state index contributed by atoms with van der Waals surface area (Å²) in [6.45, 7) is 2.10. The van der Waals surface area contributed by atoms with Crippen molar-refractivity contribution in [1.29, 1.82) is 0 Å². The predicted molar refractivity (Wildman–Crippen MR) is 71.9 cm³/mol. The lowest BCUT2D eigenvalue weighted by molar-refractivity contribution is -0.149. The van der Waals surface area contributed by atoms with Crippen LogP contribution >= 0.6 is 0 Å². The minimum absolute atomic E-state index is 0.0584. The molecule has 0 aromatic heterocycles. The predicted octanol–water partition coefficient (Wildman–Crippen LogP) is 1.70. The molecule has 108 valence electrons. The Bertz CT molecular complexity index is 535. The summed E-state index contributed by atoms with van der Waals surface area (Å²) < 4.78 is 13.4. The Balaban J connectivity index is 2.02. The Labute approximate surface area is 116 Å². The number of likely N-dealkylation sites (tertiary alicyclic amines) is 1. The van der Waals surface area contributed by atoms with Crippen molar-refractivity contribution >= 4 is 17.6 Å². The molecule has 1 saturated heterocycles. The lowest BCUT2D eigenvalue weighted by Gasteiger charge is -2.30. The van der Waals surface area contributed by atoms with E-state index < -0.39 is 23.2 Å². The SMILES string of the molecule is CC1(C(=O)O)CCCN1CC(=O)Nc1ccccc1F. The van der Waals surface area contributed by atoms with Crippen LogP contribution < -0.4 is 5.32 Å². The molecule has 6 heteroatoms. The van der Waals surface area contributed by atoms with E-state index in [0.29, 0.717) is 13.0 Å². The molecule has 1 fully saturated rings. The van der Waals surface area contributed by atoms with Gasteiger partial charge >= 0.3 is 5.97 Å². The quantitative estimate of drug-likeness (QED) is 0.880. The third-order valence-corrected chi connectivity index (χ3v) is 3.73. The van der Waals surface area contributed by atoms with Crippen molar-refractivity contribution in [1.82, 2.24) is 4.90 Å². The van der Waals surface area contributed by atoms with Gasteiger partial charge in [0.15, 0.2) is 0 Å². The van der Waals surface area contributed by atoms with Crippen LogP contribution in [0.3, 0.4) is 0 Å². The van der Waals surface area contributed by atoms with Crippen molar-refractivity contribution in [2.24, 2.45) is 0 Å². The first-order chi connectivity index (χ1) is 9.43. The van der Waals surface area contributed by atoms with Crippen molar-refractivity contribution in [2.45, 2.75) is 25.3 Å². The van der Waals surface area contributed by atoms with Crippen LogP contribution in [0.1, 0.15) is 19.8 Å². The van der Waals surface area contributed by atoms with Crippen LogP contribution in [0.5, 0.6) is 0 Å². The average molecular weight is 280 g/mol. The van der Waals surface area contributed by atoms with Gasteiger partial charge in [-0.05, 0) is 38.4 Å². The summed E-state index contributed by atoms with van der Waals surface area (Å²) >= 11 is 0. The molecular weight excluding hydrogens is 263 g/mol. The number of anilines is 1. The van der Waals surface area contributed by atoms with Crippen LogP contribution in [-0.4, -0.2) is 40.5 Å². The van der Waals surface area contributed by atoms with Crippen LogP contribution in [0.4, 0.5) is 10.1 Å². The van der Waals surface area contributed by atoms with Gasteiger partial charge < -0.3 is 10.4 Å². The summed E-state index contributed by atoms with van der Waals surface area (Å²) in [4.78, 5) is 24.8. The first-order valence-corrected chi connectivity index (χ1v) is 6.46. The number of carbonyl (C=O) groups is 2. The summed E-state index contributed by atoms with van der Waals surface area (Å²) in [6, 6.07) is 5.88. The number of nitrogens with zero attached hydrogens (tertiary/aromatic N) is 1. The number of carbonyl (C=O) groups excluding carboxylic acids is 1. The number of amides is 1. The van der Waals surface area contributed by atoms with E-state index in [1.54, 1.807) is 17.9 Å². The molecule has 1 atom stereocenters. The molecular formula is C14H17FN2O3. The van der Waals surface area contributed by atoms with Gasteiger partial charge in [0.25, 0.3) is 0 Å². The molecule has 1 unspecified atom stereocenters. The van der Waals surface area contributed by atoms with Crippen molar-refractivity contribution < 1.29 is 19.1 Å². The first kappa shape index (κ1) is 14.5. The molecule has 0 radical (unpaired) electrons. The molecule has 0 saturated carbocycles. The van der Waals surface area contributed by atoms with Gasteiger partial charge in [0, 0.05) is 0 Å². The zero-order chi connectivity index (χ0) is 14.8. The van der Waals surface area contributed by atoms with Gasteiger partial charge in [0.05, 0.1) is 12.2 Å². The second-order valence-corrected chi connectivity index (χ2v) is 5.13. The molecule has 1 amide bonds. The Morgan fingerprint density at radius 3 is 2.80 bits per heavy atom. The number of aliphatic carboxylic acids is 1. The van der Waals surface area contributed by atoms with Gasteiger partial charge in [-0.3, -0.25) is 14.5 Å². The van der Waals surface area contributed by atoms with Crippen molar-refractivity contribution in [3.63, 3.8) is 0 Å². The van der Waals surface area contributed by atoms with Gasteiger partial charge in [-0.15, -0.1) is 0 Å². The van der Waals surface area contributed by atoms with E-state index in [0.717, 1.165) is 6.42 Å². The normalized spacial score (nSPS) is 22.7. The Morgan fingerprint density at radius 2 is 2.15 bits per heavy atom. The molecule has 1 aromatic carbocycles. The smallest absolute Gasteiger partial charge is 0.323 e. The number of para-hydroxylation sites is 1. The molecule has 2 rings (SSSR count). The molecule has 1 heterocycles. The number of nitrogens with one attached hydrogen (secondary N) is 1. The van der Waals surface area contributed by atoms with E-state index in [1.165, 1.54) is 18.2 Å². The lowest BCUT2D eigenvalue weighted by atomic mass is 9.99. The molecule has 0 aliphatic carbocycles. The van der Waals surface area contributed by atoms with Crippen LogP contribution in [-0.2, 0) is 9.59 Å². The maximum Gasteiger partial charge on any atom is 0.323 e. The highest BCUT2D eigenvalue weighted by Gasteiger charge is 2.43. The topological polar surface area (TPSA) is 69.6 Å². The number of halogens is 1. The monoisotopic (exact) mass is 280 g/mol. The largest absolute Gasteiger partial charge is 0.480 e. The van der Waals surface area contributed by atoms with E-state index in [2.05, 4.69) is 5.32 Å². The zero-order valence-electron chi connectivity index (χ0n) is 11.2. The highest BCUT2D eigenvalue weighted by molar-refractivity contribution is 5.93. The average Bonchev–Trinajstić information content (AvgIpc) is 2.75. The second kappa shape index (κ2) is 5.58. The third-order valence-electron chi connectivity index (χ3n) is 3.73. The fourth-order valence-electron chi connectivity index (χ4n) is 2.44. The minimum Gasteiger partial charge on any atom is -0.480 e. The summed E-state index contributed by atoms with van der Waals surface area (Å²) in [7, 11) is 0. The zero-order valence-corrected chi connectivity index (χ0v) is 11.2. The molecule has 20 heavy (non-hydrogen) atoms. The van der Waals surface area contributed by atoms with Crippen molar-refractivity contribution in [3.05, 3.63) is 30.1 Å². The number of carboxylic acid groups (broad SMARTS) is 1. The van der Waals surface area contributed by atoms with E-state index in [-0.39, 0.29) is 12.2 Å². The van der Waals surface area contributed by atoms with Crippen LogP contribution in [0.2, 0.25) is 0 Å². The third kappa shape index (κ3) is 2.80. The maximum absolute atomic E-state index is 13.4. The summed E-state index contributed by atoms with van der Waals surface area (Å²) in [5.41, 5.74) is -0.916. The van der Waals surface area contributed by atoms with Crippen molar-refractivity contribution in [2.75, 3.05) is 18.4 Å². The lowest BCUT2D eigenvalue weighted by Crippen LogP contribution is -2.50. The summed E-state index contributed by atoms with van der Waals surface area (Å²) in [5, 5.41) is 11.7. The molecule has 5 nitrogen and oxygen atoms in total. The number of rotatable bonds is 4. The van der Waals surface area contributed by atoms with E-state index in [1.807, 2.05) is 0 Å². The van der Waals surface area contributed by atoms with Crippen molar-refractivity contribution in [3.8, 4) is 0 Å². The summed E-state index contributed by atoms with van der Waals surface area (Å²) in [5.74, 6) is -1.86. The molecule has 1 aliphatic heterocycles. The molecule has 1 aliphatic rings.